The lowest BCUT2D eigenvalue weighted by Gasteiger charge is -2.31. The van der Waals surface area contributed by atoms with Crippen LogP contribution in [0.15, 0.2) is 36.4 Å². The molecular weight excluding hydrogens is 594 g/mol. The monoisotopic (exact) mass is 604 g/mol. The molecule has 0 saturated heterocycles. The van der Waals surface area contributed by atoms with Crippen molar-refractivity contribution in [3.05, 3.63) is 69.8 Å². The van der Waals surface area contributed by atoms with Gasteiger partial charge in [0.25, 0.3) is 23.6 Å². The van der Waals surface area contributed by atoms with Gasteiger partial charge in [-0.2, -0.15) is 36.9 Å². The lowest BCUT2D eigenvalue weighted by molar-refractivity contribution is -0.137. The number of benzene rings is 5. The number of nitrogens with zero attached hydrogens (tertiary/aromatic N) is 4. The maximum atomic E-state index is 13.3. The Bertz CT molecular complexity index is 2160. The maximum Gasteiger partial charge on any atom is 0.406 e. The largest absolute Gasteiger partial charge is 0.406 e. The van der Waals surface area contributed by atoms with Crippen LogP contribution in [-0.2, 0) is 0 Å². The van der Waals surface area contributed by atoms with Gasteiger partial charge in [0.2, 0.25) is 0 Å². The van der Waals surface area contributed by atoms with Crippen molar-refractivity contribution in [3.63, 3.8) is 0 Å². The van der Waals surface area contributed by atoms with Crippen LogP contribution < -0.4 is 0 Å². The normalized spacial score (nSPS) is 15.3. The van der Waals surface area contributed by atoms with Gasteiger partial charge in [-0.15, -0.1) is 0 Å². The number of rotatable bonds is 2. The minimum absolute atomic E-state index is 0.0349. The van der Waals surface area contributed by atoms with Gasteiger partial charge in [0, 0.05) is 43.4 Å². The van der Waals surface area contributed by atoms with Gasteiger partial charge in [0.1, 0.15) is 13.1 Å². The summed E-state index contributed by atoms with van der Waals surface area (Å²) in [7, 11) is 0. The first-order valence-corrected chi connectivity index (χ1v) is 12.6. The molecule has 8 nitrogen and oxygen atoms in total. The molecule has 4 amide bonds. The van der Waals surface area contributed by atoms with Gasteiger partial charge in [-0.1, -0.05) is 12.1 Å². The first-order valence-electron chi connectivity index (χ1n) is 12.6. The average Bonchev–Trinajstić information content (AvgIpc) is 2.96. The van der Waals surface area contributed by atoms with Gasteiger partial charge in [-0.25, -0.2) is 0 Å². The molecule has 44 heavy (non-hydrogen) atoms. The molecule has 5 aromatic carbocycles. The van der Waals surface area contributed by atoms with E-state index in [0.717, 1.165) is 12.1 Å². The van der Waals surface area contributed by atoms with Crippen LogP contribution in [0.25, 0.3) is 43.1 Å². The van der Waals surface area contributed by atoms with Crippen LogP contribution in [0.3, 0.4) is 0 Å². The molecule has 0 aliphatic carbocycles. The zero-order chi connectivity index (χ0) is 31.6. The van der Waals surface area contributed by atoms with E-state index >= 15 is 0 Å². The summed E-state index contributed by atoms with van der Waals surface area (Å²) in [6.07, 6.45) is -9.82. The topological polar surface area (TPSA) is 122 Å². The van der Waals surface area contributed by atoms with Crippen LogP contribution in [0.1, 0.15) is 52.6 Å². The van der Waals surface area contributed by atoms with Crippen LogP contribution in [0.4, 0.5) is 26.3 Å². The molecule has 0 N–H and O–H groups in total. The van der Waals surface area contributed by atoms with Crippen LogP contribution in [-0.4, -0.2) is 58.9 Å². The van der Waals surface area contributed by atoms with Crippen molar-refractivity contribution >= 4 is 66.7 Å². The fraction of sp³-hybridized carbons (Fsp3) is 0.133. The van der Waals surface area contributed by atoms with Gasteiger partial charge in [-0.05, 0) is 35.0 Å². The molecular formula is C30H10F6N4O4. The van der Waals surface area contributed by atoms with Crippen molar-refractivity contribution in [1.29, 1.82) is 10.5 Å². The molecule has 0 bridgehead atoms. The number of hydrogen-bond acceptors (Lipinski definition) is 6. The number of alkyl halides is 6. The van der Waals surface area contributed by atoms with E-state index in [4.69, 9.17) is 0 Å². The van der Waals surface area contributed by atoms with Gasteiger partial charge in [-0.3, -0.25) is 29.0 Å². The third-order valence-electron chi connectivity index (χ3n) is 7.92. The van der Waals surface area contributed by atoms with Gasteiger partial charge in [0.15, 0.2) is 0 Å². The van der Waals surface area contributed by atoms with E-state index in [1.165, 1.54) is 24.3 Å². The molecule has 2 aliphatic rings. The first-order chi connectivity index (χ1) is 20.7. The molecule has 2 heterocycles. The molecule has 0 aromatic heterocycles. The Hall–Kier alpha value is -5.76. The van der Waals surface area contributed by atoms with Crippen molar-refractivity contribution < 1.29 is 45.5 Å². The van der Waals surface area contributed by atoms with Gasteiger partial charge in [0.05, 0.1) is 34.4 Å². The lowest BCUT2D eigenvalue weighted by Crippen LogP contribution is -2.45. The summed E-state index contributed by atoms with van der Waals surface area (Å²) in [5.41, 5.74) is -1.60. The van der Waals surface area contributed by atoms with E-state index in [0.29, 0.717) is 0 Å². The Balaban J connectivity index is 1.65. The summed E-state index contributed by atoms with van der Waals surface area (Å²) >= 11 is 0. The van der Waals surface area contributed by atoms with Gasteiger partial charge >= 0.3 is 12.4 Å². The predicted octanol–water partition coefficient (Wildman–Crippen LogP) is 5.80. The molecule has 5 aromatic rings. The second kappa shape index (κ2) is 8.41. The summed E-state index contributed by atoms with van der Waals surface area (Å²) in [6.45, 7) is -3.73. The zero-order valence-corrected chi connectivity index (χ0v) is 21.6. The fourth-order valence-electron chi connectivity index (χ4n) is 6.39. The number of amides is 4. The highest BCUT2D eigenvalue weighted by atomic mass is 19.4. The highest BCUT2D eigenvalue weighted by Gasteiger charge is 2.44. The quantitative estimate of drug-likeness (QED) is 0.109. The van der Waals surface area contributed by atoms with E-state index in [2.05, 4.69) is 0 Å². The molecule has 7 rings (SSSR count). The molecule has 0 radical (unpaired) electrons. The minimum Gasteiger partial charge on any atom is -0.269 e. The van der Waals surface area contributed by atoms with Crippen molar-refractivity contribution in [2.75, 3.05) is 13.1 Å². The predicted molar refractivity (Wildman–Crippen MR) is 140 cm³/mol. The second-order valence-electron chi connectivity index (χ2n) is 10.4. The third kappa shape index (κ3) is 3.45. The molecule has 2 aliphatic heterocycles. The summed E-state index contributed by atoms with van der Waals surface area (Å²) < 4.78 is 79.7. The molecule has 216 valence electrons. The highest BCUT2D eigenvalue weighted by Crippen LogP contribution is 2.48. The highest BCUT2D eigenvalue weighted by molar-refractivity contribution is 6.42. The molecule has 0 unspecified atom stereocenters. The van der Waals surface area contributed by atoms with E-state index in [1.54, 1.807) is 0 Å². The summed E-state index contributed by atoms with van der Waals surface area (Å²) in [5, 5.41) is 21.0. The van der Waals surface area contributed by atoms with Crippen molar-refractivity contribution in [2.45, 2.75) is 12.4 Å². The maximum absolute atomic E-state index is 13.3. The fourth-order valence-corrected chi connectivity index (χ4v) is 6.39. The van der Waals surface area contributed by atoms with E-state index in [-0.39, 0.29) is 86.3 Å². The molecule has 0 atom stereocenters. The van der Waals surface area contributed by atoms with Gasteiger partial charge < -0.3 is 0 Å². The van der Waals surface area contributed by atoms with Crippen molar-refractivity contribution in [3.8, 4) is 12.1 Å². The minimum atomic E-state index is -4.91. The first kappa shape index (κ1) is 27.1. The summed E-state index contributed by atoms with van der Waals surface area (Å²) in [6, 6.07) is 10.9. The Morgan fingerprint density at radius 1 is 0.523 bits per heavy atom. The molecule has 0 spiro atoms. The number of fused-ring (bicyclic) bond motifs is 2. The number of carbonyl (C=O) groups is 4. The number of carbonyl (C=O) groups excluding carboxylic acids is 4. The van der Waals surface area contributed by atoms with Crippen molar-refractivity contribution in [2.24, 2.45) is 0 Å². The van der Waals surface area contributed by atoms with E-state index in [9.17, 15) is 56.0 Å². The molecule has 14 heteroatoms. The average molecular weight is 604 g/mol. The van der Waals surface area contributed by atoms with Crippen LogP contribution in [0.2, 0.25) is 0 Å². The zero-order valence-electron chi connectivity index (χ0n) is 21.6. The van der Waals surface area contributed by atoms with Crippen LogP contribution >= 0.6 is 0 Å². The Morgan fingerprint density at radius 3 is 1.18 bits per heavy atom. The molecule has 0 saturated carbocycles. The number of imide groups is 2. The van der Waals surface area contributed by atoms with Crippen molar-refractivity contribution in [1.82, 2.24) is 9.80 Å². The molecule has 0 fully saturated rings. The Kier molecular flexibility index (Phi) is 5.18. The summed E-state index contributed by atoms with van der Waals surface area (Å²) in [5.74, 6) is -5.01. The van der Waals surface area contributed by atoms with Crippen LogP contribution in [0, 0.1) is 22.7 Å². The summed E-state index contributed by atoms with van der Waals surface area (Å²) in [4.78, 5) is 53.0. The Labute approximate surface area is 240 Å². The lowest BCUT2D eigenvalue weighted by atomic mass is 9.79. The standard InChI is InChI=1S/C30H10F6N4O4/c31-29(32,33)9-39-25(41)15-3-1-13-19-11(7-37)5-18-22-16(26(42)40(28(18)44)10-30(34,35)36)4-2-14(24(19)22)20-12(8-38)6-17(27(39)43)21(15)23(13)20/h1-6H,9-10H2. The van der Waals surface area contributed by atoms with Crippen LogP contribution in [0.5, 0.6) is 0 Å². The number of nitriles is 2. The second-order valence-corrected chi connectivity index (χ2v) is 10.4. The smallest absolute Gasteiger partial charge is 0.269 e. The third-order valence-corrected chi connectivity index (χ3v) is 7.92. The number of hydrogen-bond donors (Lipinski definition) is 0. The van der Waals surface area contributed by atoms with E-state index < -0.39 is 49.1 Å². The Morgan fingerprint density at radius 2 is 0.864 bits per heavy atom. The SMILES string of the molecule is N#Cc1cc2c3c(ccc4c5c(C#N)cc6c7c(ccc(c1c34)c75)C(=O)N(CC(F)(F)F)C6=O)C(=O)N(CC(F)(F)F)C2=O. The van der Waals surface area contributed by atoms with E-state index in [1.807, 2.05) is 12.1 Å². The number of halogens is 6.